The molecule has 1 aromatic carbocycles. The summed E-state index contributed by atoms with van der Waals surface area (Å²) in [6.07, 6.45) is 3.28. The first-order chi connectivity index (χ1) is 7.75. The van der Waals surface area contributed by atoms with Crippen molar-refractivity contribution in [1.29, 1.82) is 0 Å². The summed E-state index contributed by atoms with van der Waals surface area (Å²) in [7, 11) is 0. The molecule has 0 saturated carbocycles. The van der Waals surface area contributed by atoms with Crippen molar-refractivity contribution in [1.82, 2.24) is 9.97 Å². The Balaban J connectivity index is 2.09. The number of aliphatic hydroxyl groups excluding tert-OH is 1. The maximum atomic E-state index is 9.96. The van der Waals surface area contributed by atoms with Crippen LogP contribution in [0.5, 0.6) is 0 Å². The van der Waals surface area contributed by atoms with E-state index in [4.69, 9.17) is 0 Å². The van der Waals surface area contributed by atoms with E-state index in [2.05, 4.69) is 9.97 Å². The van der Waals surface area contributed by atoms with Gasteiger partial charge in [0.25, 0.3) is 0 Å². The van der Waals surface area contributed by atoms with E-state index >= 15 is 0 Å². The number of rotatable bonds is 3. The number of aromatic nitrogens is 2. The zero-order valence-electron chi connectivity index (χ0n) is 9.17. The highest BCUT2D eigenvalue weighted by molar-refractivity contribution is 5.17. The molecular weight excluding hydrogens is 200 g/mol. The number of nitrogens with zero attached hydrogens (tertiary/aromatic N) is 2. The quantitative estimate of drug-likeness (QED) is 0.850. The highest BCUT2D eigenvalue weighted by atomic mass is 16.3. The van der Waals surface area contributed by atoms with Crippen LogP contribution in [0.2, 0.25) is 0 Å². The third-order valence-electron chi connectivity index (χ3n) is 2.41. The molecule has 16 heavy (non-hydrogen) atoms. The molecule has 0 aliphatic rings. The van der Waals surface area contributed by atoms with Crippen LogP contribution in [-0.2, 0) is 6.42 Å². The molecule has 82 valence electrons. The normalized spacial score (nSPS) is 12.4. The molecular formula is C13H14N2O. The minimum Gasteiger partial charge on any atom is -0.386 e. The molecule has 0 bridgehead atoms. The number of aliphatic hydroxyl groups is 1. The molecule has 0 radical (unpaired) electrons. The number of hydrogen-bond acceptors (Lipinski definition) is 3. The van der Waals surface area contributed by atoms with Crippen LogP contribution in [0.4, 0.5) is 0 Å². The van der Waals surface area contributed by atoms with E-state index in [9.17, 15) is 5.11 Å². The van der Waals surface area contributed by atoms with E-state index in [1.165, 1.54) is 0 Å². The Labute approximate surface area is 94.8 Å². The van der Waals surface area contributed by atoms with Gasteiger partial charge in [-0.3, -0.25) is 9.97 Å². The summed E-state index contributed by atoms with van der Waals surface area (Å²) in [6.45, 7) is 1.88. The standard InChI is InChI=1S/C13H14N2O/c1-10-8-15-12(9-14-10)13(16)7-11-5-3-2-4-6-11/h2-6,8-9,13,16H,7H2,1H3. The van der Waals surface area contributed by atoms with Gasteiger partial charge >= 0.3 is 0 Å². The molecule has 2 rings (SSSR count). The van der Waals surface area contributed by atoms with Gasteiger partial charge in [-0.2, -0.15) is 0 Å². The molecule has 0 aliphatic carbocycles. The Kier molecular flexibility index (Phi) is 3.27. The van der Waals surface area contributed by atoms with E-state index < -0.39 is 6.10 Å². The minimum absolute atomic E-state index is 0.568. The Bertz CT molecular complexity index is 439. The average molecular weight is 214 g/mol. The van der Waals surface area contributed by atoms with Crippen molar-refractivity contribution in [3.63, 3.8) is 0 Å². The molecule has 1 heterocycles. The van der Waals surface area contributed by atoms with E-state index in [1.807, 2.05) is 37.3 Å². The zero-order valence-corrected chi connectivity index (χ0v) is 9.17. The summed E-state index contributed by atoms with van der Waals surface area (Å²) < 4.78 is 0. The maximum Gasteiger partial charge on any atom is 0.102 e. The van der Waals surface area contributed by atoms with Crippen LogP contribution in [0.1, 0.15) is 23.1 Å². The lowest BCUT2D eigenvalue weighted by Crippen LogP contribution is -2.05. The van der Waals surface area contributed by atoms with Gasteiger partial charge in [0.05, 0.1) is 17.6 Å². The lowest BCUT2D eigenvalue weighted by atomic mass is 10.1. The van der Waals surface area contributed by atoms with Crippen molar-refractivity contribution in [2.24, 2.45) is 0 Å². The van der Waals surface area contributed by atoms with Crippen LogP contribution in [0.25, 0.3) is 0 Å². The zero-order chi connectivity index (χ0) is 11.4. The molecule has 0 saturated heterocycles. The average Bonchev–Trinajstić information content (AvgIpc) is 2.31. The second-order valence-corrected chi connectivity index (χ2v) is 3.79. The third-order valence-corrected chi connectivity index (χ3v) is 2.41. The molecule has 3 nitrogen and oxygen atoms in total. The Hall–Kier alpha value is -1.74. The Morgan fingerprint density at radius 1 is 1.12 bits per heavy atom. The van der Waals surface area contributed by atoms with Gasteiger partial charge in [-0.1, -0.05) is 30.3 Å². The molecule has 1 atom stereocenters. The van der Waals surface area contributed by atoms with Crippen LogP contribution in [0.3, 0.4) is 0 Å². The second kappa shape index (κ2) is 4.86. The van der Waals surface area contributed by atoms with Crippen LogP contribution in [-0.4, -0.2) is 15.1 Å². The SMILES string of the molecule is Cc1cnc(C(O)Cc2ccccc2)cn1. The number of benzene rings is 1. The molecule has 2 aromatic rings. The predicted molar refractivity (Wildman–Crippen MR) is 61.9 cm³/mol. The fourth-order valence-corrected chi connectivity index (χ4v) is 1.52. The molecule has 0 aliphatic heterocycles. The van der Waals surface area contributed by atoms with Gasteiger partial charge < -0.3 is 5.11 Å². The lowest BCUT2D eigenvalue weighted by molar-refractivity contribution is 0.173. The van der Waals surface area contributed by atoms with E-state index in [0.717, 1.165) is 11.3 Å². The van der Waals surface area contributed by atoms with Crippen LogP contribution >= 0.6 is 0 Å². The predicted octanol–water partition coefficient (Wildman–Crippen LogP) is 2.06. The molecule has 1 unspecified atom stereocenters. The highest BCUT2D eigenvalue weighted by Crippen LogP contribution is 2.15. The first-order valence-corrected chi connectivity index (χ1v) is 5.26. The van der Waals surface area contributed by atoms with Gasteiger partial charge in [0.2, 0.25) is 0 Å². The molecule has 0 amide bonds. The van der Waals surface area contributed by atoms with Gasteiger partial charge in [0.1, 0.15) is 6.10 Å². The number of hydrogen-bond donors (Lipinski definition) is 1. The first kappa shape index (κ1) is 10.8. The largest absolute Gasteiger partial charge is 0.386 e. The van der Waals surface area contributed by atoms with Gasteiger partial charge in [-0.25, -0.2) is 0 Å². The third kappa shape index (κ3) is 2.64. The number of aryl methyl sites for hydroxylation is 1. The van der Waals surface area contributed by atoms with Gasteiger partial charge in [0.15, 0.2) is 0 Å². The molecule has 3 heteroatoms. The van der Waals surface area contributed by atoms with Gasteiger partial charge in [-0.15, -0.1) is 0 Å². The minimum atomic E-state index is -0.588. The second-order valence-electron chi connectivity index (χ2n) is 3.79. The van der Waals surface area contributed by atoms with Crippen molar-refractivity contribution in [2.75, 3.05) is 0 Å². The summed E-state index contributed by atoms with van der Waals surface area (Å²) in [5.74, 6) is 0. The smallest absolute Gasteiger partial charge is 0.102 e. The molecule has 0 spiro atoms. The summed E-state index contributed by atoms with van der Waals surface area (Å²) in [5, 5.41) is 9.96. The van der Waals surface area contributed by atoms with Crippen molar-refractivity contribution >= 4 is 0 Å². The molecule has 0 fully saturated rings. The summed E-state index contributed by atoms with van der Waals surface area (Å²) in [6, 6.07) is 9.86. The lowest BCUT2D eigenvalue weighted by Gasteiger charge is -2.09. The molecule has 1 aromatic heterocycles. The summed E-state index contributed by atoms with van der Waals surface area (Å²) in [4.78, 5) is 8.28. The Morgan fingerprint density at radius 2 is 1.88 bits per heavy atom. The van der Waals surface area contributed by atoms with Crippen molar-refractivity contribution < 1.29 is 5.11 Å². The van der Waals surface area contributed by atoms with Crippen molar-refractivity contribution in [3.8, 4) is 0 Å². The first-order valence-electron chi connectivity index (χ1n) is 5.26. The molecule has 1 N–H and O–H groups in total. The van der Waals surface area contributed by atoms with Gasteiger partial charge in [-0.05, 0) is 12.5 Å². The Morgan fingerprint density at radius 3 is 2.50 bits per heavy atom. The van der Waals surface area contributed by atoms with E-state index in [-0.39, 0.29) is 0 Å². The van der Waals surface area contributed by atoms with Crippen molar-refractivity contribution in [2.45, 2.75) is 19.4 Å². The fourth-order valence-electron chi connectivity index (χ4n) is 1.52. The van der Waals surface area contributed by atoms with E-state index in [0.29, 0.717) is 12.1 Å². The fraction of sp³-hybridized carbons (Fsp3) is 0.231. The van der Waals surface area contributed by atoms with Gasteiger partial charge in [0, 0.05) is 12.6 Å². The summed E-state index contributed by atoms with van der Waals surface area (Å²) >= 11 is 0. The maximum absolute atomic E-state index is 9.96. The van der Waals surface area contributed by atoms with E-state index in [1.54, 1.807) is 12.4 Å². The summed E-state index contributed by atoms with van der Waals surface area (Å²) in [5.41, 5.74) is 2.57. The van der Waals surface area contributed by atoms with Crippen LogP contribution in [0, 0.1) is 6.92 Å². The van der Waals surface area contributed by atoms with Crippen LogP contribution < -0.4 is 0 Å². The van der Waals surface area contributed by atoms with Crippen molar-refractivity contribution in [3.05, 3.63) is 59.7 Å². The monoisotopic (exact) mass is 214 g/mol. The topological polar surface area (TPSA) is 46.0 Å². The highest BCUT2D eigenvalue weighted by Gasteiger charge is 2.09. The van der Waals surface area contributed by atoms with Crippen LogP contribution in [0.15, 0.2) is 42.7 Å².